The van der Waals surface area contributed by atoms with E-state index in [2.05, 4.69) is 30.7 Å². The molecule has 76 valence electrons. The van der Waals surface area contributed by atoms with E-state index in [0.29, 0.717) is 0 Å². The van der Waals surface area contributed by atoms with Gasteiger partial charge in [0.05, 0.1) is 0 Å². The maximum atomic E-state index is 2.68. The summed E-state index contributed by atoms with van der Waals surface area (Å²) in [6, 6.07) is 1.51. The topological polar surface area (TPSA) is 6.48 Å². The molecular formula is C11H22N2. The van der Waals surface area contributed by atoms with Gasteiger partial charge in [-0.05, 0) is 39.7 Å². The smallest absolute Gasteiger partial charge is 0.0195 e. The van der Waals surface area contributed by atoms with Gasteiger partial charge in [-0.15, -0.1) is 0 Å². The second-order valence-corrected chi connectivity index (χ2v) is 5.03. The third-order valence-electron chi connectivity index (χ3n) is 3.62. The molecule has 0 N–H and O–H groups in total. The van der Waals surface area contributed by atoms with Crippen molar-refractivity contribution in [3.05, 3.63) is 0 Å². The fourth-order valence-electron chi connectivity index (χ4n) is 2.26. The summed E-state index contributed by atoms with van der Waals surface area (Å²) in [5.41, 5.74) is 0. The lowest BCUT2D eigenvalue weighted by Gasteiger charge is -2.42. The number of piperazine rings is 1. The molecule has 2 unspecified atom stereocenters. The molecule has 2 rings (SSSR count). The van der Waals surface area contributed by atoms with Crippen LogP contribution in [0, 0.1) is 5.92 Å². The predicted molar refractivity (Wildman–Crippen MR) is 55.9 cm³/mol. The summed E-state index contributed by atoms with van der Waals surface area (Å²) in [5.74, 6) is 1.04. The van der Waals surface area contributed by atoms with E-state index in [4.69, 9.17) is 0 Å². The molecule has 1 aliphatic heterocycles. The van der Waals surface area contributed by atoms with Crippen LogP contribution < -0.4 is 0 Å². The third kappa shape index (κ3) is 2.23. The van der Waals surface area contributed by atoms with Gasteiger partial charge in [-0.2, -0.15) is 0 Å². The Balaban J connectivity index is 1.86. The lowest BCUT2D eigenvalue weighted by Crippen LogP contribution is -2.55. The van der Waals surface area contributed by atoms with Crippen molar-refractivity contribution in [2.75, 3.05) is 26.7 Å². The monoisotopic (exact) mass is 182 g/mol. The molecule has 2 aliphatic rings. The van der Waals surface area contributed by atoms with Crippen molar-refractivity contribution in [3.8, 4) is 0 Å². The number of hydrogen-bond acceptors (Lipinski definition) is 2. The Morgan fingerprint density at radius 1 is 1.08 bits per heavy atom. The first-order valence-electron chi connectivity index (χ1n) is 5.61. The minimum atomic E-state index is 0.745. The molecule has 1 saturated carbocycles. The van der Waals surface area contributed by atoms with Crippen LogP contribution in [-0.4, -0.2) is 48.6 Å². The highest BCUT2D eigenvalue weighted by molar-refractivity contribution is 4.86. The van der Waals surface area contributed by atoms with Crippen LogP contribution in [0.25, 0.3) is 0 Å². The van der Waals surface area contributed by atoms with Gasteiger partial charge < -0.3 is 4.90 Å². The van der Waals surface area contributed by atoms with Crippen molar-refractivity contribution in [2.24, 2.45) is 5.92 Å². The van der Waals surface area contributed by atoms with Crippen molar-refractivity contribution in [1.82, 2.24) is 9.80 Å². The average molecular weight is 182 g/mol. The van der Waals surface area contributed by atoms with Crippen LogP contribution in [-0.2, 0) is 0 Å². The molecule has 0 amide bonds. The first-order chi connectivity index (χ1) is 6.16. The van der Waals surface area contributed by atoms with Crippen molar-refractivity contribution in [1.29, 1.82) is 0 Å². The van der Waals surface area contributed by atoms with E-state index in [1.807, 2.05) is 0 Å². The molecule has 1 aliphatic carbocycles. The van der Waals surface area contributed by atoms with Gasteiger partial charge in [0.1, 0.15) is 0 Å². The Labute approximate surface area is 81.9 Å². The molecule has 0 bridgehead atoms. The van der Waals surface area contributed by atoms with E-state index in [9.17, 15) is 0 Å². The van der Waals surface area contributed by atoms with Gasteiger partial charge in [-0.1, -0.05) is 0 Å². The van der Waals surface area contributed by atoms with Crippen molar-refractivity contribution < 1.29 is 0 Å². The molecular weight excluding hydrogens is 160 g/mol. The molecule has 13 heavy (non-hydrogen) atoms. The first-order valence-corrected chi connectivity index (χ1v) is 5.61. The maximum absolute atomic E-state index is 2.68. The first kappa shape index (κ1) is 9.47. The highest BCUT2D eigenvalue weighted by Gasteiger charge is 2.31. The summed E-state index contributed by atoms with van der Waals surface area (Å²) in [4.78, 5) is 5.16. The van der Waals surface area contributed by atoms with Gasteiger partial charge in [0.15, 0.2) is 0 Å². The van der Waals surface area contributed by atoms with Gasteiger partial charge in [-0.3, -0.25) is 4.90 Å². The number of likely N-dealkylation sites (N-methyl/N-ethyl adjacent to an activating group) is 1. The standard InChI is InChI=1S/C11H22N2/c1-9-7-13(8-11-4-5-11)10(2)6-12(9)3/h9-11H,4-8H2,1-3H3. The summed E-state index contributed by atoms with van der Waals surface area (Å²) >= 11 is 0. The molecule has 2 heteroatoms. The normalized spacial score (nSPS) is 38.1. The molecule has 2 atom stereocenters. The molecule has 0 aromatic carbocycles. The highest BCUT2D eigenvalue weighted by atomic mass is 15.3. The number of rotatable bonds is 2. The molecule has 1 heterocycles. The third-order valence-corrected chi connectivity index (χ3v) is 3.62. The van der Waals surface area contributed by atoms with Gasteiger partial charge in [0, 0.05) is 31.7 Å². The van der Waals surface area contributed by atoms with Crippen LogP contribution in [0.3, 0.4) is 0 Å². The van der Waals surface area contributed by atoms with Crippen molar-refractivity contribution >= 4 is 0 Å². The summed E-state index contributed by atoms with van der Waals surface area (Å²) in [5, 5.41) is 0. The molecule has 0 spiro atoms. The lowest BCUT2D eigenvalue weighted by atomic mass is 10.1. The Morgan fingerprint density at radius 3 is 2.38 bits per heavy atom. The number of nitrogens with zero attached hydrogens (tertiary/aromatic N) is 2. The van der Waals surface area contributed by atoms with E-state index >= 15 is 0 Å². The maximum Gasteiger partial charge on any atom is 0.0195 e. The van der Waals surface area contributed by atoms with E-state index in [-0.39, 0.29) is 0 Å². The summed E-state index contributed by atoms with van der Waals surface area (Å²) < 4.78 is 0. The Hall–Kier alpha value is -0.0800. The largest absolute Gasteiger partial charge is 0.301 e. The van der Waals surface area contributed by atoms with Crippen LogP contribution in [0.15, 0.2) is 0 Å². The Kier molecular flexibility index (Phi) is 2.61. The second-order valence-electron chi connectivity index (χ2n) is 5.03. The molecule has 1 saturated heterocycles. The molecule has 0 radical (unpaired) electrons. The Morgan fingerprint density at radius 2 is 1.77 bits per heavy atom. The predicted octanol–water partition coefficient (Wildman–Crippen LogP) is 1.42. The second kappa shape index (κ2) is 3.58. The van der Waals surface area contributed by atoms with Crippen LogP contribution in [0.2, 0.25) is 0 Å². The molecule has 2 nitrogen and oxygen atoms in total. The summed E-state index contributed by atoms with van der Waals surface area (Å²) in [6.07, 6.45) is 2.96. The zero-order valence-corrected chi connectivity index (χ0v) is 9.16. The van der Waals surface area contributed by atoms with Gasteiger partial charge in [-0.25, -0.2) is 0 Å². The van der Waals surface area contributed by atoms with Crippen molar-refractivity contribution in [3.63, 3.8) is 0 Å². The number of hydrogen-bond donors (Lipinski definition) is 0. The van der Waals surface area contributed by atoms with Gasteiger partial charge in [0.2, 0.25) is 0 Å². The van der Waals surface area contributed by atoms with Gasteiger partial charge in [0.25, 0.3) is 0 Å². The highest BCUT2D eigenvalue weighted by Crippen LogP contribution is 2.31. The fraction of sp³-hybridized carbons (Fsp3) is 1.00. The van der Waals surface area contributed by atoms with Gasteiger partial charge >= 0.3 is 0 Å². The molecule has 0 aromatic heterocycles. The minimum absolute atomic E-state index is 0.745. The van der Waals surface area contributed by atoms with Crippen LogP contribution in [0.5, 0.6) is 0 Å². The zero-order valence-electron chi connectivity index (χ0n) is 9.16. The van der Waals surface area contributed by atoms with Crippen LogP contribution >= 0.6 is 0 Å². The quantitative estimate of drug-likeness (QED) is 0.637. The average Bonchev–Trinajstić information content (AvgIpc) is 2.84. The zero-order chi connectivity index (χ0) is 9.42. The molecule has 2 fully saturated rings. The fourth-order valence-corrected chi connectivity index (χ4v) is 2.26. The molecule has 0 aromatic rings. The summed E-state index contributed by atoms with van der Waals surface area (Å²) in [6.45, 7) is 8.58. The Bertz CT molecular complexity index is 177. The van der Waals surface area contributed by atoms with E-state index in [0.717, 1.165) is 18.0 Å². The minimum Gasteiger partial charge on any atom is -0.301 e. The summed E-state index contributed by atoms with van der Waals surface area (Å²) in [7, 11) is 2.25. The lowest BCUT2D eigenvalue weighted by molar-refractivity contribution is 0.0568. The van der Waals surface area contributed by atoms with E-state index in [1.54, 1.807) is 0 Å². The SMILES string of the molecule is CC1CN(CC2CC2)C(C)CN1C. The van der Waals surface area contributed by atoms with Crippen LogP contribution in [0.4, 0.5) is 0 Å². The van der Waals surface area contributed by atoms with E-state index < -0.39 is 0 Å². The van der Waals surface area contributed by atoms with Crippen molar-refractivity contribution in [2.45, 2.75) is 38.8 Å². The van der Waals surface area contributed by atoms with E-state index in [1.165, 1.54) is 32.5 Å². The van der Waals surface area contributed by atoms with Crippen LogP contribution in [0.1, 0.15) is 26.7 Å².